The molecule has 0 fully saturated rings. The molecular weight excluding hydrogens is 385 g/mol. The number of aromatic nitrogens is 2. The van der Waals surface area contributed by atoms with Crippen LogP contribution in [0.15, 0.2) is 59.9 Å². The Morgan fingerprint density at radius 1 is 1.14 bits per heavy atom. The number of hydrogen-bond acceptors (Lipinski definition) is 6. The summed E-state index contributed by atoms with van der Waals surface area (Å²) in [5.41, 5.74) is 1.74. The predicted octanol–water partition coefficient (Wildman–Crippen LogP) is 5.01. The first-order valence-corrected chi connectivity index (χ1v) is 8.85. The van der Waals surface area contributed by atoms with Crippen LogP contribution in [0.4, 0.5) is 4.39 Å². The lowest BCUT2D eigenvalue weighted by Crippen LogP contribution is -1.99. The molecule has 28 heavy (non-hydrogen) atoms. The molecule has 1 aromatic heterocycles. The molecule has 0 aliphatic rings. The van der Waals surface area contributed by atoms with Gasteiger partial charge in [-0.15, -0.1) is 0 Å². The van der Waals surface area contributed by atoms with Crippen LogP contribution in [0.25, 0.3) is 0 Å². The number of nitrogens with zero attached hydrogens (tertiary/aromatic N) is 3. The van der Waals surface area contributed by atoms with Crippen LogP contribution < -0.4 is 9.47 Å². The molecule has 6 nitrogen and oxygen atoms in total. The summed E-state index contributed by atoms with van der Waals surface area (Å²) in [6.45, 7) is 2.59. The van der Waals surface area contributed by atoms with Gasteiger partial charge in [0.05, 0.1) is 19.0 Å². The van der Waals surface area contributed by atoms with Crippen molar-refractivity contribution in [3.05, 3.63) is 77.0 Å². The Hall–Kier alpha value is -3.19. The molecule has 0 N–H and O–H groups in total. The minimum atomic E-state index is -0.730. The second-order valence-electron chi connectivity index (χ2n) is 5.53. The van der Waals surface area contributed by atoms with Crippen molar-refractivity contribution in [1.29, 1.82) is 0 Å². The monoisotopic (exact) mass is 401 g/mol. The van der Waals surface area contributed by atoms with Crippen molar-refractivity contribution in [1.82, 2.24) is 9.97 Å². The van der Waals surface area contributed by atoms with E-state index in [0.29, 0.717) is 19.0 Å². The van der Waals surface area contributed by atoms with E-state index in [0.717, 1.165) is 17.3 Å². The van der Waals surface area contributed by atoms with Crippen molar-refractivity contribution < 1.29 is 18.7 Å². The van der Waals surface area contributed by atoms with Gasteiger partial charge in [-0.05, 0) is 42.3 Å². The van der Waals surface area contributed by atoms with E-state index in [4.69, 9.17) is 25.9 Å². The first-order valence-electron chi connectivity index (χ1n) is 8.47. The quantitative estimate of drug-likeness (QED) is 0.301. The highest BCUT2D eigenvalue weighted by molar-refractivity contribution is 6.28. The summed E-state index contributed by atoms with van der Waals surface area (Å²) in [5.74, 6) is -0.318. The van der Waals surface area contributed by atoms with Crippen LogP contribution in [0.5, 0.6) is 17.4 Å². The number of rotatable bonds is 8. The third-order valence-electron chi connectivity index (χ3n) is 3.51. The smallest absolute Gasteiger partial charge is 0.260 e. The zero-order valence-electron chi connectivity index (χ0n) is 15.0. The molecule has 0 spiro atoms. The van der Waals surface area contributed by atoms with Gasteiger partial charge in [0.1, 0.15) is 6.61 Å². The van der Waals surface area contributed by atoms with Gasteiger partial charge in [0.25, 0.3) is 5.88 Å². The van der Waals surface area contributed by atoms with Crippen LogP contribution in [-0.4, -0.2) is 22.8 Å². The molecular formula is C20H17ClFN3O3. The molecule has 0 amide bonds. The van der Waals surface area contributed by atoms with E-state index in [-0.39, 0.29) is 16.9 Å². The largest absolute Gasteiger partial charge is 0.490 e. The highest BCUT2D eigenvalue weighted by atomic mass is 35.5. The summed E-state index contributed by atoms with van der Waals surface area (Å²) in [5, 5.41) is 3.84. The SMILES string of the molecule is CCOc1cc(/C=N/OCc2ccccc2)ccc1Oc1nc(Cl)ncc1F. The second-order valence-corrected chi connectivity index (χ2v) is 5.86. The fraction of sp³-hybridized carbons (Fsp3) is 0.150. The summed E-state index contributed by atoms with van der Waals surface area (Å²) in [7, 11) is 0. The molecule has 2 aromatic carbocycles. The Morgan fingerprint density at radius 3 is 2.75 bits per heavy atom. The third-order valence-corrected chi connectivity index (χ3v) is 3.69. The van der Waals surface area contributed by atoms with E-state index in [1.165, 1.54) is 0 Å². The molecule has 0 unspecified atom stereocenters. The Kier molecular flexibility index (Phi) is 6.75. The van der Waals surface area contributed by atoms with Crippen LogP contribution in [0, 0.1) is 5.82 Å². The fourth-order valence-corrected chi connectivity index (χ4v) is 2.37. The highest BCUT2D eigenvalue weighted by Gasteiger charge is 2.13. The standard InChI is InChI=1S/C20H17ClFN3O3/c1-2-26-18-10-15(11-24-27-13-14-6-4-3-5-7-14)8-9-17(18)28-19-16(22)12-23-20(21)25-19/h3-12H,2,13H2,1H3/b24-11+. The van der Waals surface area contributed by atoms with E-state index in [1.807, 2.05) is 37.3 Å². The zero-order valence-corrected chi connectivity index (χ0v) is 15.8. The highest BCUT2D eigenvalue weighted by Crippen LogP contribution is 2.32. The maximum absolute atomic E-state index is 13.8. The van der Waals surface area contributed by atoms with Gasteiger partial charge in [-0.3, -0.25) is 0 Å². The van der Waals surface area contributed by atoms with Crippen molar-refractivity contribution in [3.8, 4) is 17.4 Å². The maximum atomic E-state index is 13.8. The summed E-state index contributed by atoms with van der Waals surface area (Å²) >= 11 is 5.69. The molecule has 0 bridgehead atoms. The number of oxime groups is 1. The zero-order chi connectivity index (χ0) is 19.8. The second kappa shape index (κ2) is 9.66. The van der Waals surface area contributed by atoms with Crippen molar-refractivity contribution in [2.75, 3.05) is 6.61 Å². The van der Waals surface area contributed by atoms with E-state index >= 15 is 0 Å². The Labute approximate surface area is 166 Å². The first kappa shape index (κ1) is 19.6. The Balaban J connectivity index is 1.71. The van der Waals surface area contributed by atoms with Gasteiger partial charge in [-0.25, -0.2) is 4.98 Å². The lowest BCUT2D eigenvalue weighted by atomic mass is 10.2. The van der Waals surface area contributed by atoms with E-state index in [1.54, 1.807) is 24.4 Å². The molecule has 3 aromatic rings. The number of halogens is 2. The minimum absolute atomic E-state index is 0.117. The number of benzene rings is 2. The molecule has 8 heteroatoms. The van der Waals surface area contributed by atoms with Crippen LogP contribution in [-0.2, 0) is 11.4 Å². The molecule has 1 heterocycles. The molecule has 0 aliphatic carbocycles. The van der Waals surface area contributed by atoms with Crippen LogP contribution in [0.1, 0.15) is 18.1 Å². The van der Waals surface area contributed by atoms with Gasteiger partial charge >= 0.3 is 0 Å². The minimum Gasteiger partial charge on any atom is -0.490 e. The van der Waals surface area contributed by atoms with Gasteiger partial charge in [0, 0.05) is 5.56 Å². The van der Waals surface area contributed by atoms with E-state index in [9.17, 15) is 4.39 Å². The van der Waals surface area contributed by atoms with Crippen LogP contribution >= 0.6 is 11.6 Å². The molecule has 0 saturated heterocycles. The maximum Gasteiger partial charge on any atom is 0.260 e. The summed E-state index contributed by atoms with van der Waals surface area (Å²) in [4.78, 5) is 12.6. The topological polar surface area (TPSA) is 65.8 Å². The van der Waals surface area contributed by atoms with Gasteiger partial charge in [-0.1, -0.05) is 35.5 Å². The van der Waals surface area contributed by atoms with Crippen molar-refractivity contribution in [2.45, 2.75) is 13.5 Å². The summed E-state index contributed by atoms with van der Waals surface area (Å²) < 4.78 is 24.9. The van der Waals surface area contributed by atoms with E-state index in [2.05, 4.69) is 15.1 Å². The van der Waals surface area contributed by atoms with Gasteiger partial charge in [0.2, 0.25) is 11.1 Å². The first-order chi connectivity index (χ1) is 13.7. The molecule has 0 aliphatic heterocycles. The van der Waals surface area contributed by atoms with Crippen molar-refractivity contribution >= 4 is 17.8 Å². The van der Waals surface area contributed by atoms with Crippen LogP contribution in [0.3, 0.4) is 0 Å². The predicted molar refractivity (Wildman–Crippen MR) is 104 cm³/mol. The molecule has 0 radical (unpaired) electrons. The van der Waals surface area contributed by atoms with Gasteiger partial charge < -0.3 is 14.3 Å². The van der Waals surface area contributed by atoms with E-state index < -0.39 is 5.82 Å². The normalized spacial score (nSPS) is 10.8. The average Bonchev–Trinajstić information content (AvgIpc) is 2.71. The fourth-order valence-electron chi connectivity index (χ4n) is 2.25. The van der Waals surface area contributed by atoms with Crippen molar-refractivity contribution in [3.63, 3.8) is 0 Å². The Bertz CT molecular complexity index is 955. The molecule has 0 atom stereocenters. The van der Waals surface area contributed by atoms with Crippen molar-refractivity contribution in [2.24, 2.45) is 5.16 Å². The lowest BCUT2D eigenvalue weighted by molar-refractivity contribution is 0.132. The molecule has 144 valence electrons. The lowest BCUT2D eigenvalue weighted by Gasteiger charge is -2.12. The average molecular weight is 402 g/mol. The van der Waals surface area contributed by atoms with Gasteiger partial charge in [0.15, 0.2) is 11.5 Å². The number of ether oxygens (including phenoxy) is 2. The number of hydrogen-bond donors (Lipinski definition) is 0. The molecule has 3 rings (SSSR count). The van der Waals surface area contributed by atoms with Gasteiger partial charge in [-0.2, -0.15) is 9.37 Å². The Morgan fingerprint density at radius 2 is 1.96 bits per heavy atom. The third kappa shape index (κ3) is 5.40. The summed E-state index contributed by atoms with van der Waals surface area (Å²) in [6, 6.07) is 14.8. The van der Waals surface area contributed by atoms with Crippen LogP contribution in [0.2, 0.25) is 5.28 Å². The molecule has 0 saturated carbocycles. The summed E-state index contributed by atoms with van der Waals surface area (Å²) in [6.07, 6.45) is 2.49.